The number of halogens is 1. The van der Waals surface area contributed by atoms with E-state index in [0.29, 0.717) is 28.3 Å². The molecule has 1 aliphatic rings. The molecule has 0 aliphatic heterocycles. The first-order chi connectivity index (χ1) is 15.5. The lowest BCUT2D eigenvalue weighted by Gasteiger charge is -2.21. The maximum atomic E-state index is 13.2. The van der Waals surface area contributed by atoms with Gasteiger partial charge in [0.1, 0.15) is 0 Å². The molecule has 0 radical (unpaired) electrons. The van der Waals surface area contributed by atoms with Crippen molar-refractivity contribution in [3.63, 3.8) is 0 Å². The Hall–Kier alpha value is -4.10. The quantitative estimate of drug-likeness (QED) is 0.428. The average Bonchev–Trinajstić information content (AvgIpc) is 2.82. The first-order valence-corrected chi connectivity index (χ1v) is 10.2. The van der Waals surface area contributed by atoms with Gasteiger partial charge < -0.3 is 10.2 Å². The minimum absolute atomic E-state index is 0.00201. The van der Waals surface area contributed by atoms with E-state index in [1.165, 1.54) is 0 Å². The number of aromatic nitrogens is 3. The molecule has 8 heteroatoms. The van der Waals surface area contributed by atoms with Crippen molar-refractivity contribution in [2.75, 3.05) is 17.3 Å². The van der Waals surface area contributed by atoms with Gasteiger partial charge in [0.15, 0.2) is 11.6 Å². The maximum Gasteiger partial charge on any atom is 0.235 e. The van der Waals surface area contributed by atoms with Crippen LogP contribution < -0.4 is 10.2 Å². The number of carbonyl (C=O) groups is 2. The highest BCUT2D eigenvalue weighted by molar-refractivity contribution is 6.30. The van der Waals surface area contributed by atoms with Gasteiger partial charge in [0, 0.05) is 29.4 Å². The molecule has 0 atom stereocenters. The minimum atomic E-state index is -0.236. The van der Waals surface area contributed by atoms with Crippen LogP contribution in [0.5, 0.6) is 0 Å². The Morgan fingerprint density at radius 1 is 0.750 bits per heavy atom. The summed E-state index contributed by atoms with van der Waals surface area (Å²) in [5.74, 6) is 0.0589. The second-order valence-corrected chi connectivity index (χ2v) is 7.52. The monoisotopic (exact) mass is 441 g/mol. The topological polar surface area (TPSA) is 88.1 Å². The van der Waals surface area contributed by atoms with Crippen LogP contribution in [0, 0.1) is 0 Å². The third-order valence-electron chi connectivity index (χ3n) is 5.24. The van der Waals surface area contributed by atoms with Gasteiger partial charge in [-0.1, -0.05) is 54.6 Å². The zero-order valence-electron chi connectivity index (χ0n) is 16.9. The molecule has 5 rings (SSSR count). The highest BCUT2D eigenvalue weighted by Gasteiger charge is 2.31. The molecule has 0 saturated heterocycles. The van der Waals surface area contributed by atoms with Crippen LogP contribution >= 0.6 is 11.6 Å². The molecule has 1 heterocycles. The first kappa shape index (κ1) is 19.8. The fourth-order valence-electron chi connectivity index (χ4n) is 3.68. The van der Waals surface area contributed by atoms with Gasteiger partial charge in [-0.05, 0) is 29.8 Å². The Morgan fingerprint density at radius 3 is 2.16 bits per heavy atom. The van der Waals surface area contributed by atoms with E-state index in [-0.39, 0.29) is 28.4 Å². The number of benzene rings is 3. The lowest BCUT2D eigenvalue weighted by atomic mass is 9.83. The van der Waals surface area contributed by atoms with Gasteiger partial charge >= 0.3 is 0 Å². The van der Waals surface area contributed by atoms with E-state index in [4.69, 9.17) is 11.6 Å². The number of nitrogens with one attached hydrogen (secondary N) is 1. The summed E-state index contributed by atoms with van der Waals surface area (Å²) in [6.45, 7) is 0. The van der Waals surface area contributed by atoms with Gasteiger partial charge in [0.2, 0.25) is 17.2 Å². The largest absolute Gasteiger partial charge is 0.323 e. The van der Waals surface area contributed by atoms with Crippen molar-refractivity contribution in [2.24, 2.45) is 0 Å². The smallest absolute Gasteiger partial charge is 0.235 e. The SMILES string of the molecule is CN(c1ccccc1)c1nc(Cl)nc(Nc2cccc3c2C(=O)c2ccccc2C3=O)n1. The van der Waals surface area contributed by atoms with E-state index >= 15 is 0 Å². The van der Waals surface area contributed by atoms with Crippen LogP contribution in [0.25, 0.3) is 0 Å². The minimum Gasteiger partial charge on any atom is -0.323 e. The van der Waals surface area contributed by atoms with Gasteiger partial charge in [0.05, 0.1) is 11.3 Å². The Morgan fingerprint density at radius 2 is 1.41 bits per heavy atom. The normalized spacial score (nSPS) is 12.2. The fraction of sp³-hybridized carbons (Fsp3) is 0.0417. The summed E-state index contributed by atoms with van der Waals surface area (Å²) in [4.78, 5) is 40.8. The van der Waals surface area contributed by atoms with Crippen LogP contribution in [0.15, 0.2) is 72.8 Å². The number of carbonyl (C=O) groups excluding carboxylic acids is 2. The van der Waals surface area contributed by atoms with Crippen molar-refractivity contribution in [1.29, 1.82) is 0 Å². The van der Waals surface area contributed by atoms with Crippen molar-refractivity contribution in [1.82, 2.24) is 15.0 Å². The van der Waals surface area contributed by atoms with Gasteiger partial charge in [0.25, 0.3) is 0 Å². The van der Waals surface area contributed by atoms with Crippen LogP contribution in [0.1, 0.15) is 31.8 Å². The van der Waals surface area contributed by atoms with E-state index < -0.39 is 0 Å². The molecule has 0 spiro atoms. The van der Waals surface area contributed by atoms with Crippen LogP contribution in [0.3, 0.4) is 0 Å². The van der Waals surface area contributed by atoms with Crippen LogP contribution in [-0.4, -0.2) is 33.6 Å². The van der Waals surface area contributed by atoms with Crippen molar-refractivity contribution >= 4 is 46.4 Å². The standard InChI is InChI=1S/C24H16ClN5O2/c1-30(14-8-3-2-4-9-14)24-28-22(25)27-23(29-24)26-18-13-7-12-17-19(18)21(32)16-11-6-5-10-15(16)20(17)31/h2-13H,1H3,(H,26,27,28,29). The van der Waals surface area contributed by atoms with Crippen molar-refractivity contribution in [3.05, 3.63) is 100 Å². The number of para-hydroxylation sites is 1. The molecule has 32 heavy (non-hydrogen) atoms. The summed E-state index contributed by atoms with van der Waals surface area (Å²) in [6.07, 6.45) is 0. The van der Waals surface area contributed by atoms with E-state index in [1.54, 1.807) is 47.4 Å². The van der Waals surface area contributed by atoms with Gasteiger partial charge in [-0.2, -0.15) is 15.0 Å². The molecule has 4 aromatic rings. The Bertz CT molecular complexity index is 1370. The molecule has 0 fully saturated rings. The summed E-state index contributed by atoms with van der Waals surface area (Å²) in [6, 6.07) is 21.4. The predicted octanol–water partition coefficient (Wildman–Crippen LogP) is 4.81. The van der Waals surface area contributed by atoms with Crippen LogP contribution in [-0.2, 0) is 0 Å². The molecule has 0 amide bonds. The number of rotatable bonds is 4. The second kappa shape index (κ2) is 7.86. The van der Waals surface area contributed by atoms with Crippen molar-refractivity contribution < 1.29 is 9.59 Å². The lowest BCUT2D eigenvalue weighted by molar-refractivity contribution is 0.0979. The summed E-state index contributed by atoms with van der Waals surface area (Å²) < 4.78 is 0. The lowest BCUT2D eigenvalue weighted by Crippen LogP contribution is -2.22. The van der Waals surface area contributed by atoms with E-state index in [1.807, 2.05) is 37.4 Å². The molecule has 1 aromatic heterocycles. The third kappa shape index (κ3) is 3.38. The summed E-state index contributed by atoms with van der Waals surface area (Å²) in [5, 5.41) is 3.05. The number of anilines is 4. The second-order valence-electron chi connectivity index (χ2n) is 7.18. The number of hydrogen-bond donors (Lipinski definition) is 1. The van der Waals surface area contributed by atoms with Gasteiger partial charge in [-0.25, -0.2) is 0 Å². The zero-order valence-corrected chi connectivity index (χ0v) is 17.7. The maximum absolute atomic E-state index is 13.2. The molecule has 0 bridgehead atoms. The molecule has 7 nitrogen and oxygen atoms in total. The van der Waals surface area contributed by atoms with Gasteiger partial charge in [-0.3, -0.25) is 9.59 Å². The molecule has 156 valence electrons. The first-order valence-electron chi connectivity index (χ1n) is 9.82. The number of ketones is 2. The third-order valence-corrected chi connectivity index (χ3v) is 5.41. The molecule has 1 aliphatic carbocycles. The van der Waals surface area contributed by atoms with Crippen LogP contribution in [0.4, 0.5) is 23.3 Å². The predicted molar refractivity (Wildman–Crippen MR) is 122 cm³/mol. The highest BCUT2D eigenvalue weighted by atomic mass is 35.5. The van der Waals surface area contributed by atoms with E-state index in [9.17, 15) is 9.59 Å². The average molecular weight is 442 g/mol. The number of fused-ring (bicyclic) bond motifs is 2. The molecular weight excluding hydrogens is 426 g/mol. The highest BCUT2D eigenvalue weighted by Crippen LogP contribution is 2.33. The van der Waals surface area contributed by atoms with Gasteiger partial charge in [-0.15, -0.1) is 0 Å². The molecule has 1 N–H and O–H groups in total. The van der Waals surface area contributed by atoms with E-state index in [0.717, 1.165) is 5.69 Å². The Labute approximate surface area is 188 Å². The molecule has 3 aromatic carbocycles. The fourth-order valence-corrected chi connectivity index (χ4v) is 3.84. The summed E-state index contributed by atoms with van der Waals surface area (Å²) in [5.41, 5.74) is 2.68. The zero-order chi connectivity index (χ0) is 22.2. The van der Waals surface area contributed by atoms with Crippen molar-refractivity contribution in [3.8, 4) is 0 Å². The Kier molecular flexibility index (Phi) is 4.88. The number of hydrogen-bond acceptors (Lipinski definition) is 7. The molecular formula is C24H16ClN5O2. The van der Waals surface area contributed by atoms with E-state index in [2.05, 4.69) is 20.3 Å². The summed E-state index contributed by atoms with van der Waals surface area (Å²) in [7, 11) is 1.81. The van der Waals surface area contributed by atoms with Crippen molar-refractivity contribution in [2.45, 2.75) is 0 Å². The molecule has 0 saturated carbocycles. The Balaban J connectivity index is 1.54. The summed E-state index contributed by atoms with van der Waals surface area (Å²) >= 11 is 6.16. The van der Waals surface area contributed by atoms with Crippen LogP contribution in [0.2, 0.25) is 5.28 Å². The number of nitrogens with zero attached hydrogens (tertiary/aromatic N) is 4. The molecule has 0 unspecified atom stereocenters.